The summed E-state index contributed by atoms with van der Waals surface area (Å²) in [6.45, 7) is 0.741. The van der Waals surface area contributed by atoms with Crippen LogP contribution in [0.5, 0.6) is 0 Å². The summed E-state index contributed by atoms with van der Waals surface area (Å²) < 4.78 is 0. The number of halogens is 1. The predicted molar refractivity (Wildman–Crippen MR) is 48.7 cm³/mol. The van der Waals surface area contributed by atoms with Crippen molar-refractivity contribution in [1.29, 1.82) is 0 Å². The summed E-state index contributed by atoms with van der Waals surface area (Å²) in [6, 6.07) is 0.481. The molecule has 0 bridgehead atoms. The van der Waals surface area contributed by atoms with Crippen molar-refractivity contribution in [3.8, 4) is 0 Å². The highest BCUT2D eigenvalue weighted by molar-refractivity contribution is 6.21. The van der Waals surface area contributed by atoms with Crippen LogP contribution < -0.4 is 10.6 Å². The maximum atomic E-state index is 10.8. The molecular weight excluding hydrogens is 192 g/mol. The van der Waals surface area contributed by atoms with Gasteiger partial charge in [-0.1, -0.05) is 0 Å². The van der Waals surface area contributed by atoms with Crippen molar-refractivity contribution in [2.24, 2.45) is 5.92 Å². The van der Waals surface area contributed by atoms with Crippen LogP contribution in [0.4, 0.5) is 0 Å². The lowest BCUT2D eigenvalue weighted by atomic mass is 9.83. The fourth-order valence-electron chi connectivity index (χ4n) is 2.21. The van der Waals surface area contributed by atoms with Gasteiger partial charge in [0.05, 0.1) is 11.3 Å². The van der Waals surface area contributed by atoms with E-state index < -0.39 is 5.97 Å². The summed E-state index contributed by atoms with van der Waals surface area (Å²) in [6.07, 6.45) is 1.27. The van der Waals surface area contributed by atoms with E-state index in [0.717, 1.165) is 6.67 Å². The second kappa shape index (κ2) is 3.44. The molecule has 0 spiro atoms. The molecule has 1 aliphatic carbocycles. The van der Waals surface area contributed by atoms with Crippen molar-refractivity contribution >= 4 is 17.6 Å². The van der Waals surface area contributed by atoms with Crippen molar-refractivity contribution in [2.45, 2.75) is 30.3 Å². The molecule has 1 aliphatic heterocycles. The molecule has 1 saturated heterocycles. The zero-order chi connectivity index (χ0) is 9.42. The lowest BCUT2D eigenvalue weighted by Gasteiger charge is -2.32. The number of carboxylic acid groups (broad SMARTS) is 1. The van der Waals surface area contributed by atoms with Crippen LogP contribution in [0.1, 0.15) is 12.8 Å². The molecule has 4 nitrogen and oxygen atoms in total. The minimum absolute atomic E-state index is 0.0603. The van der Waals surface area contributed by atoms with Crippen molar-refractivity contribution in [3.63, 3.8) is 0 Å². The molecule has 0 aromatic heterocycles. The van der Waals surface area contributed by atoms with Gasteiger partial charge in [0, 0.05) is 18.8 Å². The highest BCUT2D eigenvalue weighted by Gasteiger charge is 2.41. The Hall–Kier alpha value is -0.320. The SMILES string of the molecule is O=C(O)C1CC(Cl)C2NCNC2C1. The monoisotopic (exact) mass is 204 g/mol. The Morgan fingerprint density at radius 3 is 2.85 bits per heavy atom. The van der Waals surface area contributed by atoms with Gasteiger partial charge in [-0.2, -0.15) is 0 Å². The van der Waals surface area contributed by atoms with Crippen molar-refractivity contribution in [1.82, 2.24) is 10.6 Å². The number of carboxylic acids is 1. The fraction of sp³-hybridized carbons (Fsp3) is 0.875. The Balaban J connectivity index is 2.05. The zero-order valence-electron chi connectivity index (χ0n) is 7.16. The summed E-state index contributed by atoms with van der Waals surface area (Å²) in [5, 5.41) is 15.3. The first-order valence-corrected chi connectivity index (χ1v) is 4.96. The number of fused-ring (bicyclic) bond motifs is 1. The molecule has 2 aliphatic rings. The normalized spacial score (nSPS) is 44.4. The molecular formula is C8H13ClN2O2. The molecule has 3 N–H and O–H groups in total. The van der Waals surface area contributed by atoms with Crippen LogP contribution in [-0.4, -0.2) is 35.2 Å². The van der Waals surface area contributed by atoms with E-state index in [9.17, 15) is 4.79 Å². The number of aliphatic carboxylic acids is 1. The zero-order valence-corrected chi connectivity index (χ0v) is 7.92. The predicted octanol–water partition coefficient (Wildman–Crippen LogP) is -0.0241. The van der Waals surface area contributed by atoms with E-state index in [0.29, 0.717) is 12.8 Å². The number of nitrogens with one attached hydrogen (secondary N) is 2. The quantitative estimate of drug-likeness (QED) is 0.526. The maximum Gasteiger partial charge on any atom is 0.306 e. The highest BCUT2D eigenvalue weighted by atomic mass is 35.5. The molecule has 0 aromatic rings. The molecule has 0 amide bonds. The third-order valence-corrected chi connectivity index (χ3v) is 3.37. The Morgan fingerprint density at radius 2 is 2.15 bits per heavy atom. The second-order valence-electron chi connectivity index (χ2n) is 3.74. The van der Waals surface area contributed by atoms with E-state index in [1.165, 1.54) is 0 Å². The average molecular weight is 205 g/mol. The van der Waals surface area contributed by atoms with Gasteiger partial charge >= 0.3 is 5.97 Å². The summed E-state index contributed by atoms with van der Waals surface area (Å²) >= 11 is 6.09. The van der Waals surface area contributed by atoms with Crippen molar-refractivity contribution < 1.29 is 9.90 Å². The highest BCUT2D eigenvalue weighted by Crippen LogP contribution is 2.30. The topological polar surface area (TPSA) is 61.4 Å². The third-order valence-electron chi connectivity index (χ3n) is 2.92. The summed E-state index contributed by atoms with van der Waals surface area (Å²) in [5.74, 6) is -1.01. The van der Waals surface area contributed by atoms with Gasteiger partial charge in [-0.3, -0.25) is 10.1 Å². The first kappa shape index (κ1) is 9.24. The lowest BCUT2D eigenvalue weighted by molar-refractivity contribution is -0.143. The van der Waals surface area contributed by atoms with Gasteiger partial charge < -0.3 is 10.4 Å². The molecule has 74 valence electrons. The van der Waals surface area contributed by atoms with Crippen LogP contribution >= 0.6 is 11.6 Å². The fourth-order valence-corrected chi connectivity index (χ4v) is 2.69. The largest absolute Gasteiger partial charge is 0.481 e. The Labute approximate surface area is 81.6 Å². The standard InChI is InChI=1S/C8H13ClN2O2/c9-5-1-4(8(12)13)2-6-7(5)11-3-10-6/h4-7,10-11H,1-3H2,(H,12,13). The van der Waals surface area contributed by atoms with E-state index in [1.54, 1.807) is 0 Å². The number of alkyl halides is 1. The van der Waals surface area contributed by atoms with Crippen LogP contribution in [0, 0.1) is 5.92 Å². The Morgan fingerprint density at radius 1 is 1.38 bits per heavy atom. The third kappa shape index (κ3) is 1.66. The Kier molecular flexibility index (Phi) is 2.45. The number of hydrogen-bond acceptors (Lipinski definition) is 3. The molecule has 1 heterocycles. The molecule has 13 heavy (non-hydrogen) atoms. The van der Waals surface area contributed by atoms with E-state index in [4.69, 9.17) is 16.7 Å². The molecule has 0 radical (unpaired) electrons. The smallest absolute Gasteiger partial charge is 0.306 e. The minimum atomic E-state index is -0.724. The molecule has 1 saturated carbocycles. The number of carbonyl (C=O) groups is 1. The van der Waals surface area contributed by atoms with E-state index in [2.05, 4.69) is 10.6 Å². The van der Waals surface area contributed by atoms with Crippen LogP contribution in [-0.2, 0) is 4.79 Å². The van der Waals surface area contributed by atoms with Crippen LogP contribution in [0.15, 0.2) is 0 Å². The van der Waals surface area contributed by atoms with Gasteiger partial charge in [0.1, 0.15) is 0 Å². The lowest BCUT2D eigenvalue weighted by Crippen LogP contribution is -2.48. The van der Waals surface area contributed by atoms with Gasteiger partial charge in [-0.15, -0.1) is 11.6 Å². The number of hydrogen-bond donors (Lipinski definition) is 3. The average Bonchev–Trinajstić information content (AvgIpc) is 2.51. The number of rotatable bonds is 1. The molecule has 4 unspecified atom stereocenters. The maximum absolute atomic E-state index is 10.8. The van der Waals surface area contributed by atoms with E-state index >= 15 is 0 Å². The summed E-state index contributed by atoms with van der Waals surface area (Å²) in [4.78, 5) is 10.8. The van der Waals surface area contributed by atoms with E-state index in [-0.39, 0.29) is 23.4 Å². The van der Waals surface area contributed by atoms with E-state index in [1.807, 2.05) is 0 Å². The van der Waals surface area contributed by atoms with Gasteiger partial charge in [-0.25, -0.2) is 0 Å². The van der Waals surface area contributed by atoms with Crippen LogP contribution in [0.25, 0.3) is 0 Å². The molecule has 2 fully saturated rings. The molecule has 5 heteroatoms. The first-order chi connectivity index (χ1) is 6.18. The van der Waals surface area contributed by atoms with Gasteiger partial charge in [0.2, 0.25) is 0 Å². The van der Waals surface area contributed by atoms with Crippen molar-refractivity contribution in [3.05, 3.63) is 0 Å². The minimum Gasteiger partial charge on any atom is -0.481 e. The second-order valence-corrected chi connectivity index (χ2v) is 4.30. The molecule has 2 rings (SSSR count). The summed E-state index contributed by atoms with van der Waals surface area (Å²) in [7, 11) is 0. The molecule has 0 aromatic carbocycles. The van der Waals surface area contributed by atoms with Gasteiger partial charge in [-0.05, 0) is 12.8 Å². The molecule has 4 atom stereocenters. The van der Waals surface area contributed by atoms with Gasteiger partial charge in [0.15, 0.2) is 0 Å². The van der Waals surface area contributed by atoms with Gasteiger partial charge in [0.25, 0.3) is 0 Å². The van der Waals surface area contributed by atoms with Crippen LogP contribution in [0.3, 0.4) is 0 Å². The van der Waals surface area contributed by atoms with Crippen LogP contribution in [0.2, 0.25) is 0 Å². The first-order valence-electron chi connectivity index (χ1n) is 4.52. The van der Waals surface area contributed by atoms with Crippen molar-refractivity contribution in [2.75, 3.05) is 6.67 Å². The Bertz CT molecular complexity index is 224. The summed E-state index contributed by atoms with van der Waals surface area (Å²) in [5.41, 5.74) is 0.